The molecule has 0 spiro atoms. The van der Waals surface area contributed by atoms with Crippen LogP contribution in [0.3, 0.4) is 0 Å². The molecule has 0 aromatic rings. The zero-order valence-electron chi connectivity index (χ0n) is 9.33. The Morgan fingerprint density at radius 1 is 1.40 bits per heavy atom. The molecule has 4 nitrogen and oxygen atoms in total. The second-order valence-corrected chi connectivity index (χ2v) is 4.56. The minimum Gasteiger partial charge on any atom is -0.479 e. The fourth-order valence-electron chi connectivity index (χ4n) is 2.77. The van der Waals surface area contributed by atoms with Crippen molar-refractivity contribution in [1.29, 1.82) is 0 Å². The molecule has 1 fully saturated rings. The molecule has 1 aliphatic carbocycles. The van der Waals surface area contributed by atoms with Crippen molar-refractivity contribution < 1.29 is 15.0 Å². The number of rotatable bonds is 4. The van der Waals surface area contributed by atoms with Gasteiger partial charge in [-0.25, -0.2) is 4.79 Å². The zero-order valence-corrected chi connectivity index (χ0v) is 9.33. The highest BCUT2D eigenvalue weighted by atomic mass is 16.4. The summed E-state index contributed by atoms with van der Waals surface area (Å²) in [4.78, 5) is 11.2. The van der Waals surface area contributed by atoms with Gasteiger partial charge in [-0.1, -0.05) is 26.2 Å². The van der Waals surface area contributed by atoms with Gasteiger partial charge in [-0.2, -0.15) is 0 Å². The van der Waals surface area contributed by atoms with Crippen molar-refractivity contribution in [2.75, 3.05) is 6.54 Å². The highest BCUT2D eigenvalue weighted by Gasteiger charge is 2.53. The van der Waals surface area contributed by atoms with Gasteiger partial charge in [0.05, 0.1) is 0 Å². The summed E-state index contributed by atoms with van der Waals surface area (Å²) < 4.78 is 0. The first-order chi connectivity index (χ1) is 7.02. The van der Waals surface area contributed by atoms with Gasteiger partial charge >= 0.3 is 5.97 Å². The molecule has 0 aliphatic heterocycles. The third-order valence-corrected chi connectivity index (χ3v) is 3.94. The number of aliphatic hydroxyl groups is 1. The van der Waals surface area contributed by atoms with Crippen molar-refractivity contribution in [3.05, 3.63) is 0 Å². The van der Waals surface area contributed by atoms with Crippen molar-refractivity contribution in [3.63, 3.8) is 0 Å². The number of carboxylic acid groups (broad SMARTS) is 1. The summed E-state index contributed by atoms with van der Waals surface area (Å²) in [6.07, 6.45) is 4.71. The van der Waals surface area contributed by atoms with Crippen LogP contribution in [-0.2, 0) is 4.79 Å². The van der Waals surface area contributed by atoms with E-state index < -0.39 is 17.0 Å². The summed E-state index contributed by atoms with van der Waals surface area (Å²) in [7, 11) is 0. The molecule has 1 atom stereocenters. The van der Waals surface area contributed by atoms with Crippen LogP contribution in [0.4, 0.5) is 0 Å². The standard InChI is InChI=1S/C11H21NO3/c1-2-11(15,9(13)14)10(8-12)6-4-3-5-7-10/h15H,2-8,12H2,1H3,(H,13,14). The first-order valence-corrected chi connectivity index (χ1v) is 5.68. The second kappa shape index (κ2) is 4.49. The zero-order chi connectivity index (χ0) is 11.5. The number of hydrogen-bond donors (Lipinski definition) is 3. The number of aliphatic carboxylic acids is 1. The van der Waals surface area contributed by atoms with Gasteiger partial charge in [0.1, 0.15) is 0 Å². The Hall–Kier alpha value is -0.610. The SMILES string of the molecule is CCC(O)(C(=O)O)C1(CN)CCCCC1. The Bertz CT molecular complexity index is 236. The van der Waals surface area contributed by atoms with Crippen LogP contribution in [0, 0.1) is 5.41 Å². The highest BCUT2D eigenvalue weighted by Crippen LogP contribution is 2.45. The Balaban J connectivity index is 3.00. The van der Waals surface area contributed by atoms with E-state index >= 15 is 0 Å². The van der Waals surface area contributed by atoms with Crippen molar-refractivity contribution in [2.24, 2.45) is 11.1 Å². The van der Waals surface area contributed by atoms with Crippen molar-refractivity contribution >= 4 is 5.97 Å². The van der Waals surface area contributed by atoms with E-state index in [0.717, 1.165) is 32.1 Å². The normalized spacial score (nSPS) is 24.5. The monoisotopic (exact) mass is 215 g/mol. The van der Waals surface area contributed by atoms with Gasteiger partial charge in [0.2, 0.25) is 0 Å². The first kappa shape index (κ1) is 12.5. The molecular weight excluding hydrogens is 194 g/mol. The molecule has 0 saturated heterocycles. The van der Waals surface area contributed by atoms with Gasteiger partial charge in [0.25, 0.3) is 0 Å². The van der Waals surface area contributed by atoms with Crippen molar-refractivity contribution in [1.82, 2.24) is 0 Å². The maximum absolute atomic E-state index is 11.2. The highest BCUT2D eigenvalue weighted by molar-refractivity contribution is 5.78. The molecule has 0 amide bonds. The van der Waals surface area contributed by atoms with Crippen LogP contribution in [-0.4, -0.2) is 28.3 Å². The maximum Gasteiger partial charge on any atom is 0.336 e. The van der Waals surface area contributed by atoms with Crippen LogP contribution in [0.25, 0.3) is 0 Å². The van der Waals surface area contributed by atoms with Gasteiger partial charge in [-0.3, -0.25) is 0 Å². The lowest BCUT2D eigenvalue weighted by molar-refractivity contribution is -0.179. The van der Waals surface area contributed by atoms with Crippen LogP contribution in [0.5, 0.6) is 0 Å². The lowest BCUT2D eigenvalue weighted by atomic mass is 9.62. The molecule has 1 saturated carbocycles. The van der Waals surface area contributed by atoms with E-state index in [1.807, 2.05) is 0 Å². The third-order valence-electron chi connectivity index (χ3n) is 3.94. The summed E-state index contributed by atoms with van der Waals surface area (Å²) in [5, 5.41) is 19.5. The third kappa shape index (κ3) is 1.88. The van der Waals surface area contributed by atoms with E-state index in [1.54, 1.807) is 6.92 Å². The smallest absolute Gasteiger partial charge is 0.336 e. The van der Waals surface area contributed by atoms with E-state index in [4.69, 9.17) is 5.73 Å². The minimum atomic E-state index is -1.65. The van der Waals surface area contributed by atoms with E-state index in [9.17, 15) is 15.0 Å². The summed E-state index contributed by atoms with van der Waals surface area (Å²) in [5.41, 5.74) is 3.44. The number of nitrogens with two attached hydrogens (primary N) is 1. The van der Waals surface area contributed by atoms with Crippen LogP contribution < -0.4 is 5.73 Å². The topological polar surface area (TPSA) is 83.5 Å². The molecular formula is C11H21NO3. The lowest BCUT2D eigenvalue weighted by Gasteiger charge is -2.46. The van der Waals surface area contributed by atoms with Crippen molar-refractivity contribution in [2.45, 2.75) is 51.0 Å². The van der Waals surface area contributed by atoms with E-state index in [-0.39, 0.29) is 13.0 Å². The molecule has 15 heavy (non-hydrogen) atoms. The van der Waals surface area contributed by atoms with Gasteiger partial charge in [-0.15, -0.1) is 0 Å². The molecule has 1 rings (SSSR count). The predicted octanol–water partition coefficient (Wildman–Crippen LogP) is 1.12. The van der Waals surface area contributed by atoms with Gasteiger partial charge in [0, 0.05) is 12.0 Å². The molecule has 0 bridgehead atoms. The predicted molar refractivity (Wildman–Crippen MR) is 57.4 cm³/mol. The van der Waals surface area contributed by atoms with E-state index in [2.05, 4.69) is 0 Å². The molecule has 0 radical (unpaired) electrons. The number of hydrogen-bond acceptors (Lipinski definition) is 3. The minimum absolute atomic E-state index is 0.222. The molecule has 88 valence electrons. The molecule has 1 unspecified atom stereocenters. The Morgan fingerprint density at radius 3 is 2.27 bits per heavy atom. The fraction of sp³-hybridized carbons (Fsp3) is 0.909. The first-order valence-electron chi connectivity index (χ1n) is 5.68. The molecule has 1 aliphatic rings. The average Bonchev–Trinajstić information content (AvgIpc) is 2.28. The molecule has 0 heterocycles. The van der Waals surface area contributed by atoms with Gasteiger partial charge < -0.3 is 15.9 Å². The summed E-state index contributed by atoms with van der Waals surface area (Å²) in [5.74, 6) is -1.13. The quantitative estimate of drug-likeness (QED) is 0.656. The van der Waals surface area contributed by atoms with E-state index in [0.29, 0.717) is 0 Å². The Kier molecular flexibility index (Phi) is 3.73. The van der Waals surface area contributed by atoms with Gasteiger partial charge in [-0.05, 0) is 19.3 Å². The van der Waals surface area contributed by atoms with E-state index in [1.165, 1.54) is 0 Å². The molecule has 4 N–H and O–H groups in total. The maximum atomic E-state index is 11.2. The fourth-order valence-corrected chi connectivity index (χ4v) is 2.77. The lowest BCUT2D eigenvalue weighted by Crippen LogP contribution is -2.58. The number of carbonyl (C=O) groups is 1. The summed E-state index contributed by atoms with van der Waals surface area (Å²) in [6.45, 7) is 1.96. The second-order valence-electron chi connectivity index (χ2n) is 4.56. The van der Waals surface area contributed by atoms with Crippen LogP contribution in [0.2, 0.25) is 0 Å². The van der Waals surface area contributed by atoms with Gasteiger partial charge in [0.15, 0.2) is 5.60 Å². The van der Waals surface area contributed by atoms with Crippen molar-refractivity contribution in [3.8, 4) is 0 Å². The molecule has 0 aromatic heterocycles. The summed E-state index contributed by atoms with van der Waals surface area (Å²) in [6, 6.07) is 0. The Labute approximate surface area is 90.5 Å². The largest absolute Gasteiger partial charge is 0.479 e. The Morgan fingerprint density at radius 2 is 1.93 bits per heavy atom. The van der Waals surface area contributed by atoms with Crippen LogP contribution in [0.1, 0.15) is 45.4 Å². The molecule has 4 heteroatoms. The summed E-state index contributed by atoms with van der Waals surface area (Å²) >= 11 is 0. The molecule has 0 aromatic carbocycles. The van der Waals surface area contributed by atoms with Crippen LogP contribution >= 0.6 is 0 Å². The average molecular weight is 215 g/mol. The van der Waals surface area contributed by atoms with Crippen LogP contribution in [0.15, 0.2) is 0 Å². The number of carboxylic acids is 1.